The third-order valence-electron chi connectivity index (χ3n) is 3.34. The molecule has 0 N–H and O–H groups in total. The summed E-state index contributed by atoms with van der Waals surface area (Å²) in [5.41, 5.74) is 1.00. The van der Waals surface area contributed by atoms with Gasteiger partial charge in [-0.05, 0) is 31.2 Å². The predicted molar refractivity (Wildman–Crippen MR) is 91.9 cm³/mol. The molecule has 0 aliphatic heterocycles. The highest BCUT2D eigenvalue weighted by Crippen LogP contribution is 2.28. The Morgan fingerprint density at radius 3 is 3.04 bits per heavy atom. The van der Waals surface area contributed by atoms with E-state index in [2.05, 4.69) is 15.2 Å². The Hall–Kier alpha value is -2.32. The summed E-state index contributed by atoms with van der Waals surface area (Å²) in [4.78, 5) is 4.63. The summed E-state index contributed by atoms with van der Waals surface area (Å²) in [6.07, 6.45) is 3.38. The molecule has 0 saturated heterocycles. The van der Waals surface area contributed by atoms with Gasteiger partial charge in [0.1, 0.15) is 17.8 Å². The summed E-state index contributed by atoms with van der Waals surface area (Å²) in [6, 6.07) is 7.71. The van der Waals surface area contributed by atoms with Crippen molar-refractivity contribution in [3.05, 3.63) is 59.5 Å². The van der Waals surface area contributed by atoms with E-state index in [9.17, 15) is 0 Å². The Balaban J connectivity index is 1.42. The molecule has 0 fully saturated rings. The molecule has 0 radical (unpaired) electrons. The topological polar surface area (TPSA) is 69.9 Å². The minimum atomic E-state index is 0.621. The summed E-state index contributed by atoms with van der Waals surface area (Å²) in [7, 11) is 0. The summed E-state index contributed by atoms with van der Waals surface area (Å²) >= 11 is 3.19. The maximum atomic E-state index is 5.62. The minimum absolute atomic E-state index is 0.621. The first-order chi connectivity index (χ1) is 11.8. The van der Waals surface area contributed by atoms with Crippen LogP contribution >= 0.6 is 23.1 Å². The van der Waals surface area contributed by atoms with Crippen LogP contribution in [0, 0.1) is 6.92 Å². The molecular weight excluding hydrogens is 344 g/mol. The van der Waals surface area contributed by atoms with Crippen molar-refractivity contribution in [3.8, 4) is 10.8 Å². The fourth-order valence-electron chi connectivity index (χ4n) is 2.21. The molecule has 4 rings (SSSR count). The normalized spacial score (nSPS) is 11.2. The van der Waals surface area contributed by atoms with Gasteiger partial charge in [0.25, 0.3) is 0 Å². The number of thioether (sulfide) groups is 1. The molecule has 4 aromatic heterocycles. The van der Waals surface area contributed by atoms with Crippen molar-refractivity contribution in [2.45, 2.75) is 24.4 Å². The lowest BCUT2D eigenvalue weighted by atomic mass is 10.4. The van der Waals surface area contributed by atoms with Crippen LogP contribution in [-0.4, -0.2) is 19.7 Å². The van der Waals surface area contributed by atoms with E-state index in [0.717, 1.165) is 38.9 Å². The van der Waals surface area contributed by atoms with E-state index in [4.69, 9.17) is 8.83 Å². The average Bonchev–Trinajstić information content (AvgIpc) is 3.34. The maximum Gasteiger partial charge on any atom is 0.191 e. The van der Waals surface area contributed by atoms with Crippen LogP contribution in [0.1, 0.15) is 17.2 Å². The van der Waals surface area contributed by atoms with Gasteiger partial charge >= 0.3 is 0 Å². The first-order valence-corrected chi connectivity index (χ1v) is 9.18. The Labute approximate surface area is 146 Å². The molecule has 0 aromatic carbocycles. The van der Waals surface area contributed by atoms with Crippen molar-refractivity contribution < 1.29 is 8.83 Å². The second kappa shape index (κ2) is 6.66. The predicted octanol–water partition coefficient (Wildman–Crippen LogP) is 4.24. The molecule has 122 valence electrons. The lowest BCUT2D eigenvalue weighted by Crippen LogP contribution is -1.99. The molecule has 8 heteroatoms. The van der Waals surface area contributed by atoms with Crippen LogP contribution < -0.4 is 0 Å². The van der Waals surface area contributed by atoms with Crippen LogP contribution in [0.3, 0.4) is 0 Å². The summed E-state index contributed by atoms with van der Waals surface area (Å²) in [5.74, 6) is 3.31. The molecule has 24 heavy (non-hydrogen) atoms. The highest BCUT2D eigenvalue weighted by molar-refractivity contribution is 7.98. The van der Waals surface area contributed by atoms with Crippen LogP contribution in [-0.2, 0) is 12.3 Å². The van der Waals surface area contributed by atoms with Crippen LogP contribution in [0.5, 0.6) is 0 Å². The first kappa shape index (κ1) is 15.2. The van der Waals surface area contributed by atoms with Crippen LogP contribution in [0.4, 0.5) is 0 Å². The molecule has 0 atom stereocenters. The van der Waals surface area contributed by atoms with E-state index < -0.39 is 0 Å². The van der Waals surface area contributed by atoms with Gasteiger partial charge in [-0.1, -0.05) is 11.8 Å². The number of hydrogen-bond acceptors (Lipinski definition) is 7. The number of hydrogen-bond donors (Lipinski definition) is 0. The average molecular weight is 358 g/mol. The number of furan rings is 2. The third kappa shape index (κ3) is 3.29. The van der Waals surface area contributed by atoms with E-state index in [1.165, 1.54) is 0 Å². The Morgan fingerprint density at radius 1 is 1.29 bits per heavy atom. The maximum absolute atomic E-state index is 5.62. The number of thiazole rings is 1. The highest BCUT2D eigenvalue weighted by atomic mass is 32.2. The molecule has 0 unspecified atom stereocenters. The highest BCUT2D eigenvalue weighted by Gasteiger charge is 2.11. The molecular formula is C16H14N4O2S2. The molecule has 0 bridgehead atoms. The number of aromatic nitrogens is 4. The molecule has 0 saturated carbocycles. The smallest absolute Gasteiger partial charge is 0.191 e. The van der Waals surface area contributed by atoms with Crippen LogP contribution in [0.25, 0.3) is 10.8 Å². The van der Waals surface area contributed by atoms with Crippen molar-refractivity contribution in [3.63, 3.8) is 0 Å². The molecule has 4 aromatic rings. The molecule has 4 heterocycles. The van der Waals surface area contributed by atoms with Crippen molar-refractivity contribution >= 4 is 23.1 Å². The first-order valence-electron chi connectivity index (χ1n) is 7.32. The van der Waals surface area contributed by atoms with Gasteiger partial charge in [0.05, 0.1) is 18.5 Å². The van der Waals surface area contributed by atoms with Gasteiger partial charge in [-0.3, -0.25) is 0 Å². The van der Waals surface area contributed by atoms with Gasteiger partial charge in [0.15, 0.2) is 15.9 Å². The van der Waals surface area contributed by atoms with Crippen molar-refractivity contribution in [1.29, 1.82) is 0 Å². The van der Waals surface area contributed by atoms with Crippen molar-refractivity contribution in [2.75, 3.05) is 0 Å². The summed E-state index contributed by atoms with van der Waals surface area (Å²) in [5, 5.41) is 11.9. The van der Waals surface area contributed by atoms with E-state index in [0.29, 0.717) is 6.54 Å². The van der Waals surface area contributed by atoms with Gasteiger partial charge in [-0.15, -0.1) is 21.5 Å². The van der Waals surface area contributed by atoms with Gasteiger partial charge in [0.2, 0.25) is 0 Å². The zero-order valence-electron chi connectivity index (χ0n) is 12.9. The van der Waals surface area contributed by atoms with Gasteiger partial charge in [0, 0.05) is 11.1 Å². The lowest BCUT2D eigenvalue weighted by molar-refractivity contribution is 0.484. The number of aryl methyl sites for hydroxylation is 1. The van der Waals surface area contributed by atoms with E-state index in [1.54, 1.807) is 35.7 Å². The van der Waals surface area contributed by atoms with Gasteiger partial charge in [-0.2, -0.15) is 0 Å². The Kier molecular flexibility index (Phi) is 4.22. The Bertz CT molecular complexity index is 924. The largest absolute Gasteiger partial charge is 0.467 e. The van der Waals surface area contributed by atoms with E-state index in [-0.39, 0.29) is 0 Å². The van der Waals surface area contributed by atoms with Crippen molar-refractivity contribution in [1.82, 2.24) is 19.7 Å². The summed E-state index contributed by atoms with van der Waals surface area (Å²) < 4.78 is 13.0. The van der Waals surface area contributed by atoms with Gasteiger partial charge < -0.3 is 13.4 Å². The van der Waals surface area contributed by atoms with Crippen molar-refractivity contribution in [2.24, 2.45) is 0 Å². The fourth-order valence-corrected chi connectivity index (χ4v) is 3.90. The Morgan fingerprint density at radius 2 is 2.25 bits per heavy atom. The quantitative estimate of drug-likeness (QED) is 0.480. The molecule has 0 spiro atoms. The third-order valence-corrected chi connectivity index (χ3v) is 5.26. The standard InChI is InChI=1S/C16H14N4O2S2/c1-11-4-5-14(22-11)15-18-12(8-23-15)9-24-16-19-17-10-20(16)7-13-3-2-6-21-13/h2-6,8,10H,7,9H2,1H3. The van der Waals surface area contributed by atoms with Gasteiger partial charge in [-0.25, -0.2) is 4.98 Å². The lowest BCUT2D eigenvalue weighted by Gasteiger charge is -2.03. The zero-order valence-corrected chi connectivity index (χ0v) is 14.5. The molecule has 0 aliphatic rings. The zero-order chi connectivity index (χ0) is 16.4. The van der Waals surface area contributed by atoms with E-state index in [1.807, 2.05) is 41.1 Å². The SMILES string of the molecule is Cc1ccc(-c2nc(CSc3nncn3Cc3ccco3)cs2)o1. The molecule has 6 nitrogen and oxygen atoms in total. The monoisotopic (exact) mass is 358 g/mol. The fraction of sp³-hybridized carbons (Fsp3) is 0.188. The number of nitrogens with zero attached hydrogens (tertiary/aromatic N) is 4. The second-order valence-electron chi connectivity index (χ2n) is 5.16. The van der Waals surface area contributed by atoms with Crippen LogP contribution in [0.2, 0.25) is 0 Å². The van der Waals surface area contributed by atoms with Crippen LogP contribution in [0.15, 0.2) is 56.2 Å². The molecule has 0 amide bonds. The number of rotatable bonds is 6. The summed E-state index contributed by atoms with van der Waals surface area (Å²) in [6.45, 7) is 2.55. The second-order valence-corrected chi connectivity index (χ2v) is 6.96. The molecule has 0 aliphatic carbocycles. The minimum Gasteiger partial charge on any atom is -0.467 e. The van der Waals surface area contributed by atoms with E-state index >= 15 is 0 Å².